The van der Waals surface area contributed by atoms with Crippen LogP contribution < -0.4 is 0 Å². The van der Waals surface area contributed by atoms with Crippen molar-refractivity contribution in [3.8, 4) is 0 Å². The zero-order chi connectivity index (χ0) is 12.6. The summed E-state index contributed by atoms with van der Waals surface area (Å²) in [6.07, 6.45) is 2.90. The van der Waals surface area contributed by atoms with E-state index in [9.17, 15) is 4.79 Å². The second-order valence-corrected chi connectivity index (χ2v) is 4.94. The summed E-state index contributed by atoms with van der Waals surface area (Å²) in [5, 5.41) is 0. The summed E-state index contributed by atoms with van der Waals surface area (Å²) in [6.45, 7) is 12.5. The van der Waals surface area contributed by atoms with Gasteiger partial charge >= 0.3 is 5.97 Å². The third-order valence-corrected chi connectivity index (χ3v) is 1.91. The second kappa shape index (κ2) is 7.44. The standard InChI is InChI=1S/C13H24O3/c1-11(2)12(14)15-9-7-6-8-10-16-13(3,4)5/h1,6-10H2,2-5H3. The van der Waals surface area contributed by atoms with E-state index in [0.29, 0.717) is 12.2 Å². The van der Waals surface area contributed by atoms with Crippen LogP contribution >= 0.6 is 0 Å². The Kier molecular flexibility index (Phi) is 7.06. The molecular weight excluding hydrogens is 204 g/mol. The van der Waals surface area contributed by atoms with E-state index in [1.165, 1.54) is 0 Å². The van der Waals surface area contributed by atoms with Gasteiger partial charge in [0.1, 0.15) is 0 Å². The van der Waals surface area contributed by atoms with Crippen molar-refractivity contribution in [3.63, 3.8) is 0 Å². The molecule has 0 aromatic rings. The fourth-order valence-corrected chi connectivity index (χ4v) is 1.05. The first-order chi connectivity index (χ1) is 7.33. The molecule has 0 N–H and O–H groups in total. The van der Waals surface area contributed by atoms with Crippen molar-refractivity contribution in [2.45, 2.75) is 52.6 Å². The lowest BCUT2D eigenvalue weighted by atomic mass is 10.2. The molecule has 0 aliphatic rings. The number of carbonyl (C=O) groups excluding carboxylic acids is 1. The SMILES string of the molecule is C=C(C)C(=O)OCCCCCOC(C)(C)C. The summed E-state index contributed by atoms with van der Waals surface area (Å²) in [7, 11) is 0. The van der Waals surface area contributed by atoms with E-state index in [4.69, 9.17) is 9.47 Å². The highest BCUT2D eigenvalue weighted by atomic mass is 16.5. The average Bonchev–Trinajstić information content (AvgIpc) is 2.14. The van der Waals surface area contributed by atoms with Crippen molar-refractivity contribution in [3.05, 3.63) is 12.2 Å². The molecule has 0 atom stereocenters. The number of ether oxygens (including phenoxy) is 2. The van der Waals surface area contributed by atoms with Crippen LogP contribution in [-0.4, -0.2) is 24.8 Å². The highest BCUT2D eigenvalue weighted by Gasteiger charge is 2.08. The van der Waals surface area contributed by atoms with Crippen LogP contribution in [0.2, 0.25) is 0 Å². The van der Waals surface area contributed by atoms with Gasteiger partial charge in [-0.25, -0.2) is 4.79 Å². The van der Waals surface area contributed by atoms with Crippen LogP contribution in [0, 0.1) is 0 Å². The third-order valence-electron chi connectivity index (χ3n) is 1.91. The molecule has 0 saturated heterocycles. The van der Waals surface area contributed by atoms with Crippen molar-refractivity contribution in [2.24, 2.45) is 0 Å². The second-order valence-electron chi connectivity index (χ2n) is 4.94. The first-order valence-electron chi connectivity index (χ1n) is 5.79. The zero-order valence-corrected chi connectivity index (χ0v) is 11.0. The lowest BCUT2D eigenvalue weighted by Gasteiger charge is -2.19. The Morgan fingerprint density at radius 2 is 1.69 bits per heavy atom. The predicted molar refractivity (Wildman–Crippen MR) is 65.3 cm³/mol. The Morgan fingerprint density at radius 1 is 1.12 bits per heavy atom. The normalized spacial score (nSPS) is 11.2. The van der Waals surface area contributed by atoms with Crippen molar-refractivity contribution >= 4 is 5.97 Å². The van der Waals surface area contributed by atoms with Gasteiger partial charge in [0.2, 0.25) is 0 Å². The molecule has 0 heterocycles. The van der Waals surface area contributed by atoms with E-state index in [2.05, 4.69) is 6.58 Å². The third kappa shape index (κ3) is 9.71. The quantitative estimate of drug-likeness (QED) is 0.381. The van der Waals surface area contributed by atoms with Gasteiger partial charge in [0, 0.05) is 12.2 Å². The van der Waals surface area contributed by atoms with Crippen LogP contribution in [0.25, 0.3) is 0 Å². The summed E-state index contributed by atoms with van der Waals surface area (Å²) in [5.41, 5.74) is 0.392. The van der Waals surface area contributed by atoms with E-state index in [1.807, 2.05) is 20.8 Å². The molecule has 0 rings (SSSR count). The monoisotopic (exact) mass is 228 g/mol. The maximum absolute atomic E-state index is 11.0. The van der Waals surface area contributed by atoms with E-state index >= 15 is 0 Å². The van der Waals surface area contributed by atoms with Gasteiger partial charge in [-0.1, -0.05) is 6.58 Å². The number of carbonyl (C=O) groups is 1. The first kappa shape index (κ1) is 15.2. The van der Waals surface area contributed by atoms with Crippen molar-refractivity contribution < 1.29 is 14.3 Å². The Bertz CT molecular complexity index is 226. The Balaban J connectivity index is 3.29. The minimum absolute atomic E-state index is 0.0631. The van der Waals surface area contributed by atoms with Crippen LogP contribution in [0.1, 0.15) is 47.0 Å². The van der Waals surface area contributed by atoms with Gasteiger partial charge in [-0.15, -0.1) is 0 Å². The molecule has 0 bridgehead atoms. The van der Waals surface area contributed by atoms with Crippen LogP contribution in [-0.2, 0) is 14.3 Å². The summed E-state index contributed by atoms with van der Waals surface area (Å²) in [6, 6.07) is 0. The molecule has 94 valence electrons. The largest absolute Gasteiger partial charge is 0.462 e. The van der Waals surface area contributed by atoms with Gasteiger partial charge in [-0.05, 0) is 47.0 Å². The smallest absolute Gasteiger partial charge is 0.333 e. The summed E-state index contributed by atoms with van der Waals surface area (Å²) in [5.74, 6) is -0.300. The lowest BCUT2D eigenvalue weighted by molar-refractivity contribution is -0.139. The summed E-state index contributed by atoms with van der Waals surface area (Å²) >= 11 is 0. The fraction of sp³-hybridized carbons (Fsp3) is 0.769. The Morgan fingerprint density at radius 3 is 2.19 bits per heavy atom. The number of hydrogen-bond donors (Lipinski definition) is 0. The molecule has 0 aromatic heterocycles. The highest BCUT2D eigenvalue weighted by Crippen LogP contribution is 2.08. The number of rotatable bonds is 7. The van der Waals surface area contributed by atoms with Crippen LogP contribution in [0.5, 0.6) is 0 Å². The van der Waals surface area contributed by atoms with Crippen molar-refractivity contribution in [2.75, 3.05) is 13.2 Å². The van der Waals surface area contributed by atoms with Gasteiger partial charge in [0.25, 0.3) is 0 Å². The molecule has 0 aliphatic heterocycles. The topological polar surface area (TPSA) is 35.5 Å². The molecule has 0 fully saturated rings. The number of esters is 1. The molecule has 3 nitrogen and oxygen atoms in total. The fourth-order valence-electron chi connectivity index (χ4n) is 1.05. The molecule has 0 spiro atoms. The Labute approximate surface area is 98.8 Å². The number of unbranched alkanes of at least 4 members (excludes halogenated alkanes) is 2. The molecule has 3 heteroatoms. The predicted octanol–water partition coefficient (Wildman–Crippen LogP) is 3.09. The maximum atomic E-state index is 11.0. The number of hydrogen-bond acceptors (Lipinski definition) is 3. The van der Waals surface area contributed by atoms with Gasteiger partial charge < -0.3 is 9.47 Å². The molecular formula is C13H24O3. The molecule has 0 aliphatic carbocycles. The van der Waals surface area contributed by atoms with E-state index in [1.54, 1.807) is 6.92 Å². The van der Waals surface area contributed by atoms with E-state index in [0.717, 1.165) is 25.9 Å². The first-order valence-corrected chi connectivity index (χ1v) is 5.79. The molecule has 0 radical (unpaired) electrons. The zero-order valence-electron chi connectivity index (χ0n) is 11.0. The van der Waals surface area contributed by atoms with Crippen molar-refractivity contribution in [1.82, 2.24) is 0 Å². The highest BCUT2D eigenvalue weighted by molar-refractivity contribution is 5.86. The van der Waals surface area contributed by atoms with Gasteiger partial charge in [0.05, 0.1) is 12.2 Å². The van der Waals surface area contributed by atoms with Crippen LogP contribution in [0.4, 0.5) is 0 Å². The van der Waals surface area contributed by atoms with Gasteiger partial charge in [0.15, 0.2) is 0 Å². The average molecular weight is 228 g/mol. The van der Waals surface area contributed by atoms with Gasteiger partial charge in [-0.3, -0.25) is 0 Å². The minimum atomic E-state index is -0.300. The summed E-state index contributed by atoms with van der Waals surface area (Å²) < 4.78 is 10.5. The molecule has 0 unspecified atom stereocenters. The Hall–Kier alpha value is -0.830. The van der Waals surface area contributed by atoms with Crippen LogP contribution in [0.15, 0.2) is 12.2 Å². The summed E-state index contributed by atoms with van der Waals surface area (Å²) in [4.78, 5) is 11.0. The molecule has 0 aromatic carbocycles. The van der Waals surface area contributed by atoms with Gasteiger partial charge in [-0.2, -0.15) is 0 Å². The van der Waals surface area contributed by atoms with E-state index in [-0.39, 0.29) is 11.6 Å². The molecule has 16 heavy (non-hydrogen) atoms. The van der Waals surface area contributed by atoms with E-state index < -0.39 is 0 Å². The minimum Gasteiger partial charge on any atom is -0.462 e. The van der Waals surface area contributed by atoms with Crippen molar-refractivity contribution in [1.29, 1.82) is 0 Å². The molecule has 0 amide bonds. The lowest BCUT2D eigenvalue weighted by Crippen LogP contribution is -2.19. The molecule has 0 saturated carbocycles. The van der Waals surface area contributed by atoms with Crippen LogP contribution in [0.3, 0.4) is 0 Å². The maximum Gasteiger partial charge on any atom is 0.333 e.